The number of benzene rings is 2. The Morgan fingerprint density at radius 1 is 1.05 bits per heavy atom. The molecular weight excluding hydrogens is 270 g/mol. The number of hydrogen-bond acceptors (Lipinski definition) is 1. The molecule has 0 aromatic heterocycles. The summed E-state index contributed by atoms with van der Waals surface area (Å²) in [7, 11) is 0. The number of aliphatic hydroxyl groups is 1. The Kier molecular flexibility index (Phi) is 3.88. The number of halogens is 3. The normalized spacial score (nSPS) is 14.2. The zero-order valence-electron chi connectivity index (χ0n) is 10.3. The van der Waals surface area contributed by atoms with Gasteiger partial charge in [0.1, 0.15) is 0 Å². The van der Waals surface area contributed by atoms with Crippen LogP contribution in [-0.4, -0.2) is 5.11 Å². The molecule has 0 bridgehead atoms. The molecule has 1 atom stereocenters. The first-order chi connectivity index (χ1) is 8.88. The van der Waals surface area contributed by atoms with Crippen molar-refractivity contribution in [2.24, 2.45) is 0 Å². The smallest absolute Gasteiger partial charge is 0.159 e. The second-order valence-corrected chi connectivity index (χ2v) is 5.14. The van der Waals surface area contributed by atoms with E-state index in [2.05, 4.69) is 0 Å². The van der Waals surface area contributed by atoms with Crippen molar-refractivity contribution in [2.45, 2.75) is 18.9 Å². The molecule has 2 aromatic rings. The molecule has 2 rings (SSSR count). The average molecular weight is 283 g/mol. The maximum absolute atomic E-state index is 13.2. The van der Waals surface area contributed by atoms with Crippen LogP contribution in [0.3, 0.4) is 0 Å². The first-order valence-electron chi connectivity index (χ1n) is 5.81. The first kappa shape index (κ1) is 14.0. The van der Waals surface area contributed by atoms with Gasteiger partial charge in [0.05, 0.1) is 5.60 Å². The molecule has 0 aliphatic carbocycles. The number of hydrogen-bond donors (Lipinski definition) is 1. The molecule has 0 aliphatic rings. The van der Waals surface area contributed by atoms with Crippen LogP contribution in [0.5, 0.6) is 0 Å². The minimum Gasteiger partial charge on any atom is -0.385 e. The third kappa shape index (κ3) is 3.31. The van der Waals surface area contributed by atoms with Crippen LogP contribution in [0.25, 0.3) is 0 Å². The summed E-state index contributed by atoms with van der Waals surface area (Å²) in [5.74, 6) is -1.89. The zero-order valence-corrected chi connectivity index (χ0v) is 11.1. The molecular formula is C15H13ClF2O. The molecule has 0 aliphatic heterocycles. The van der Waals surface area contributed by atoms with E-state index in [1.807, 2.05) is 0 Å². The van der Waals surface area contributed by atoms with E-state index in [4.69, 9.17) is 11.6 Å². The van der Waals surface area contributed by atoms with Crippen LogP contribution < -0.4 is 0 Å². The standard InChI is InChI=1S/C15H13ClF2O/c1-15(19,9-10-2-5-12(16)6-3-10)11-4-7-13(17)14(18)8-11/h2-8,19H,9H2,1H3. The second kappa shape index (κ2) is 5.27. The molecule has 100 valence electrons. The predicted octanol–water partition coefficient (Wildman–Crippen LogP) is 4.07. The van der Waals surface area contributed by atoms with E-state index in [1.54, 1.807) is 31.2 Å². The van der Waals surface area contributed by atoms with Crippen LogP contribution >= 0.6 is 11.6 Å². The number of rotatable bonds is 3. The van der Waals surface area contributed by atoms with Crippen LogP contribution in [-0.2, 0) is 12.0 Å². The van der Waals surface area contributed by atoms with Gasteiger partial charge in [0.15, 0.2) is 11.6 Å². The van der Waals surface area contributed by atoms with Gasteiger partial charge in [-0.25, -0.2) is 8.78 Å². The van der Waals surface area contributed by atoms with Gasteiger partial charge >= 0.3 is 0 Å². The van der Waals surface area contributed by atoms with Gasteiger partial charge in [-0.2, -0.15) is 0 Å². The summed E-state index contributed by atoms with van der Waals surface area (Å²) < 4.78 is 26.1. The Labute approximate surface area is 115 Å². The Hall–Kier alpha value is -1.45. The van der Waals surface area contributed by atoms with E-state index in [-0.39, 0.29) is 6.42 Å². The molecule has 0 heterocycles. The van der Waals surface area contributed by atoms with Gasteiger partial charge < -0.3 is 5.11 Å². The summed E-state index contributed by atoms with van der Waals surface area (Å²) >= 11 is 5.78. The lowest BCUT2D eigenvalue weighted by Gasteiger charge is -2.24. The van der Waals surface area contributed by atoms with Gasteiger partial charge in [0.25, 0.3) is 0 Å². The van der Waals surface area contributed by atoms with Crippen molar-refractivity contribution in [1.82, 2.24) is 0 Å². The molecule has 0 radical (unpaired) electrons. The lowest BCUT2D eigenvalue weighted by atomic mass is 9.89. The van der Waals surface area contributed by atoms with Crippen LogP contribution in [0.1, 0.15) is 18.1 Å². The topological polar surface area (TPSA) is 20.2 Å². The second-order valence-electron chi connectivity index (χ2n) is 4.71. The van der Waals surface area contributed by atoms with Crippen molar-refractivity contribution in [1.29, 1.82) is 0 Å². The van der Waals surface area contributed by atoms with E-state index in [1.165, 1.54) is 6.07 Å². The summed E-state index contributed by atoms with van der Waals surface area (Å²) in [6.45, 7) is 1.56. The molecule has 1 nitrogen and oxygen atoms in total. The molecule has 2 aromatic carbocycles. The Balaban J connectivity index is 2.26. The van der Waals surface area contributed by atoms with Crippen LogP contribution in [0.2, 0.25) is 5.02 Å². The van der Waals surface area contributed by atoms with Gasteiger partial charge in [0.2, 0.25) is 0 Å². The molecule has 1 unspecified atom stereocenters. The molecule has 0 spiro atoms. The first-order valence-corrected chi connectivity index (χ1v) is 6.19. The lowest BCUT2D eigenvalue weighted by Crippen LogP contribution is -2.24. The summed E-state index contributed by atoms with van der Waals surface area (Å²) in [5, 5.41) is 11.0. The van der Waals surface area contributed by atoms with Gasteiger partial charge in [-0.1, -0.05) is 29.8 Å². The van der Waals surface area contributed by atoms with Gasteiger partial charge in [-0.15, -0.1) is 0 Å². The fourth-order valence-corrected chi connectivity index (χ4v) is 2.06. The quantitative estimate of drug-likeness (QED) is 0.900. The van der Waals surface area contributed by atoms with Crippen molar-refractivity contribution in [2.75, 3.05) is 0 Å². The van der Waals surface area contributed by atoms with Crippen LogP contribution in [0.15, 0.2) is 42.5 Å². The molecule has 4 heteroatoms. The zero-order chi connectivity index (χ0) is 14.0. The summed E-state index contributed by atoms with van der Waals surface area (Å²) in [5.41, 5.74) is -0.0805. The minimum atomic E-state index is -1.28. The Morgan fingerprint density at radius 3 is 2.26 bits per heavy atom. The minimum absolute atomic E-state index is 0.287. The maximum Gasteiger partial charge on any atom is 0.159 e. The highest BCUT2D eigenvalue weighted by atomic mass is 35.5. The SMILES string of the molecule is CC(O)(Cc1ccc(Cl)cc1)c1ccc(F)c(F)c1. The van der Waals surface area contributed by atoms with Crippen molar-refractivity contribution in [3.8, 4) is 0 Å². The van der Waals surface area contributed by atoms with Gasteiger partial charge in [-0.3, -0.25) is 0 Å². The molecule has 0 saturated heterocycles. The van der Waals surface area contributed by atoms with Crippen molar-refractivity contribution in [3.05, 3.63) is 70.2 Å². The van der Waals surface area contributed by atoms with Crippen molar-refractivity contribution in [3.63, 3.8) is 0 Å². The molecule has 1 N–H and O–H groups in total. The summed E-state index contributed by atoms with van der Waals surface area (Å²) in [6, 6.07) is 10.4. The Bertz CT molecular complexity index is 579. The molecule has 19 heavy (non-hydrogen) atoms. The average Bonchev–Trinajstić information content (AvgIpc) is 2.35. The van der Waals surface area contributed by atoms with Gasteiger partial charge in [0, 0.05) is 11.4 Å². The van der Waals surface area contributed by atoms with Gasteiger partial charge in [-0.05, 0) is 42.3 Å². The van der Waals surface area contributed by atoms with Crippen molar-refractivity contribution >= 4 is 11.6 Å². The molecule has 0 amide bonds. The third-order valence-corrected chi connectivity index (χ3v) is 3.26. The maximum atomic E-state index is 13.2. The predicted molar refractivity (Wildman–Crippen MR) is 71.1 cm³/mol. The lowest BCUT2D eigenvalue weighted by molar-refractivity contribution is 0.0572. The highest BCUT2D eigenvalue weighted by Gasteiger charge is 2.24. The van der Waals surface area contributed by atoms with Crippen molar-refractivity contribution < 1.29 is 13.9 Å². The van der Waals surface area contributed by atoms with E-state index < -0.39 is 17.2 Å². The van der Waals surface area contributed by atoms with Crippen LogP contribution in [0, 0.1) is 11.6 Å². The molecule has 0 fully saturated rings. The van der Waals surface area contributed by atoms with Crippen LogP contribution in [0.4, 0.5) is 8.78 Å². The molecule has 0 saturated carbocycles. The summed E-state index contributed by atoms with van der Waals surface area (Å²) in [4.78, 5) is 0. The van der Waals surface area contributed by atoms with E-state index in [9.17, 15) is 13.9 Å². The van der Waals surface area contributed by atoms with E-state index >= 15 is 0 Å². The van der Waals surface area contributed by atoms with E-state index in [0.29, 0.717) is 10.6 Å². The Morgan fingerprint density at radius 2 is 1.68 bits per heavy atom. The highest BCUT2D eigenvalue weighted by Crippen LogP contribution is 2.27. The monoisotopic (exact) mass is 282 g/mol. The van der Waals surface area contributed by atoms with E-state index in [0.717, 1.165) is 17.7 Å². The largest absolute Gasteiger partial charge is 0.385 e. The fraction of sp³-hybridized carbons (Fsp3) is 0.200. The fourth-order valence-electron chi connectivity index (χ4n) is 1.93. The third-order valence-electron chi connectivity index (χ3n) is 3.00. The summed E-state index contributed by atoms with van der Waals surface area (Å²) in [6.07, 6.45) is 0.287. The highest BCUT2D eigenvalue weighted by molar-refractivity contribution is 6.30.